The Morgan fingerprint density at radius 3 is 1.75 bits per heavy atom. The molecule has 0 bridgehead atoms. The van der Waals surface area contributed by atoms with Gasteiger partial charge in [0.15, 0.2) is 0 Å². The van der Waals surface area contributed by atoms with E-state index in [9.17, 15) is 0 Å². The lowest BCUT2D eigenvalue weighted by Crippen LogP contribution is -1.98. The molecular weight excluding hydrogens is 96.1 g/mol. The molecule has 48 valence electrons. The van der Waals surface area contributed by atoms with Gasteiger partial charge in [0.2, 0.25) is 0 Å². The van der Waals surface area contributed by atoms with Gasteiger partial charge in [0.05, 0.1) is 0 Å². The fourth-order valence-electron chi connectivity index (χ4n) is 0.526. The van der Waals surface area contributed by atoms with Crippen molar-refractivity contribution in [3.63, 3.8) is 0 Å². The molecule has 0 saturated carbocycles. The molecule has 0 N–H and O–H groups in total. The van der Waals surface area contributed by atoms with Crippen LogP contribution in [0.4, 0.5) is 0 Å². The number of rotatable bonds is 2. The summed E-state index contributed by atoms with van der Waals surface area (Å²) in [7, 11) is 0. The lowest BCUT2D eigenvalue weighted by atomic mass is 9.98. The average Bonchev–Trinajstić information content (AvgIpc) is 1.67. The molecule has 0 aliphatic rings. The van der Waals surface area contributed by atoms with E-state index in [0.29, 0.717) is 0 Å². The van der Waals surface area contributed by atoms with Crippen molar-refractivity contribution < 1.29 is 0 Å². The summed E-state index contributed by atoms with van der Waals surface area (Å²) in [4.78, 5) is 0. The van der Waals surface area contributed by atoms with Crippen LogP contribution in [0, 0.1) is 11.8 Å². The van der Waals surface area contributed by atoms with Gasteiger partial charge < -0.3 is 0 Å². The molecule has 0 nitrogen and oxygen atoms in total. The van der Waals surface area contributed by atoms with Crippen LogP contribution in [0.3, 0.4) is 0 Å². The van der Waals surface area contributed by atoms with Gasteiger partial charge in [0.25, 0.3) is 0 Å². The summed E-state index contributed by atoms with van der Waals surface area (Å²) in [5, 5.41) is 0. The molecule has 8 heavy (non-hydrogen) atoms. The van der Waals surface area contributed by atoms with Crippen molar-refractivity contribution in [2.45, 2.75) is 27.7 Å². The van der Waals surface area contributed by atoms with E-state index in [4.69, 9.17) is 0 Å². The van der Waals surface area contributed by atoms with Gasteiger partial charge in [-0.05, 0) is 18.8 Å². The molecule has 0 aliphatic carbocycles. The minimum Gasteiger partial charge on any atom is -0.0914 e. The first-order chi connectivity index (χ1) is 3.68. The van der Waals surface area contributed by atoms with Crippen molar-refractivity contribution in [2.24, 2.45) is 11.8 Å². The first-order valence-corrected chi connectivity index (χ1v) is 3.31. The van der Waals surface area contributed by atoms with Gasteiger partial charge in [-0.1, -0.05) is 32.9 Å². The minimum atomic E-state index is 0.736. The van der Waals surface area contributed by atoms with E-state index in [1.807, 2.05) is 0 Å². The van der Waals surface area contributed by atoms with E-state index in [1.165, 1.54) is 0 Å². The Labute approximate surface area is 52.6 Å². The van der Waals surface area contributed by atoms with E-state index in [-0.39, 0.29) is 0 Å². The van der Waals surface area contributed by atoms with E-state index in [1.54, 1.807) is 0 Å². The maximum atomic E-state index is 2.24. The summed E-state index contributed by atoms with van der Waals surface area (Å²) in [5.74, 6) is 1.52. The van der Waals surface area contributed by atoms with Gasteiger partial charge in [-0.15, -0.1) is 0 Å². The van der Waals surface area contributed by atoms with Crippen molar-refractivity contribution in [2.75, 3.05) is 0 Å². The molecule has 0 saturated heterocycles. The van der Waals surface area contributed by atoms with Crippen LogP contribution in [0.1, 0.15) is 27.7 Å². The van der Waals surface area contributed by atoms with E-state index in [0.717, 1.165) is 11.8 Å². The molecule has 0 heteroatoms. The van der Waals surface area contributed by atoms with Crippen molar-refractivity contribution in [3.05, 3.63) is 12.2 Å². The average molecular weight is 112 g/mol. The third kappa shape index (κ3) is 2.84. The Balaban J connectivity index is 3.47. The number of hydrogen-bond acceptors (Lipinski definition) is 0. The van der Waals surface area contributed by atoms with Crippen LogP contribution in [0.15, 0.2) is 12.2 Å². The molecule has 0 aliphatic heterocycles. The summed E-state index contributed by atoms with van der Waals surface area (Å²) in [5.41, 5.74) is 0. The Morgan fingerprint density at radius 1 is 1.12 bits per heavy atom. The van der Waals surface area contributed by atoms with Crippen molar-refractivity contribution in [3.8, 4) is 0 Å². The molecule has 0 radical (unpaired) electrons. The van der Waals surface area contributed by atoms with Gasteiger partial charge in [0, 0.05) is 0 Å². The van der Waals surface area contributed by atoms with Crippen molar-refractivity contribution in [1.29, 1.82) is 0 Å². The number of allylic oxidation sites excluding steroid dienone is 2. The zero-order chi connectivity index (χ0) is 6.57. The molecule has 0 amide bonds. The van der Waals surface area contributed by atoms with E-state index >= 15 is 0 Å². The summed E-state index contributed by atoms with van der Waals surface area (Å²) >= 11 is 0. The lowest BCUT2D eigenvalue weighted by molar-refractivity contribution is 0.504. The first-order valence-electron chi connectivity index (χ1n) is 3.31. The van der Waals surface area contributed by atoms with Crippen LogP contribution < -0.4 is 0 Å². The molecule has 0 heterocycles. The molecular formula is C8H16. The molecule has 0 aromatic heterocycles. The first kappa shape index (κ1) is 7.74. The molecule has 0 spiro atoms. The maximum Gasteiger partial charge on any atom is -0.0239 e. The standard InChI is InChI=1S/C8H16/c1-5-6-8(4)7(2)3/h5-8H,1-4H3. The smallest absolute Gasteiger partial charge is 0.0239 e. The second kappa shape index (κ2) is 3.71. The summed E-state index contributed by atoms with van der Waals surface area (Å²) < 4.78 is 0. The highest BCUT2D eigenvalue weighted by Crippen LogP contribution is 2.09. The Kier molecular flexibility index (Phi) is 3.59. The Hall–Kier alpha value is -0.260. The fraction of sp³-hybridized carbons (Fsp3) is 0.750. The highest BCUT2D eigenvalue weighted by molar-refractivity contribution is 4.84. The lowest BCUT2D eigenvalue weighted by Gasteiger charge is -2.08. The number of hydrogen-bond donors (Lipinski definition) is 0. The van der Waals surface area contributed by atoms with Gasteiger partial charge >= 0.3 is 0 Å². The maximum absolute atomic E-state index is 2.24. The van der Waals surface area contributed by atoms with Gasteiger partial charge in [-0.3, -0.25) is 0 Å². The summed E-state index contributed by atoms with van der Waals surface area (Å²) in [6.45, 7) is 8.79. The van der Waals surface area contributed by atoms with Crippen molar-refractivity contribution >= 4 is 0 Å². The van der Waals surface area contributed by atoms with E-state index < -0.39 is 0 Å². The van der Waals surface area contributed by atoms with Crippen molar-refractivity contribution in [1.82, 2.24) is 0 Å². The summed E-state index contributed by atoms with van der Waals surface area (Å²) in [6, 6.07) is 0. The molecule has 1 atom stereocenters. The quantitative estimate of drug-likeness (QED) is 0.482. The van der Waals surface area contributed by atoms with Crippen LogP contribution in [0.25, 0.3) is 0 Å². The van der Waals surface area contributed by atoms with Gasteiger partial charge in [0.1, 0.15) is 0 Å². The Bertz CT molecular complexity index is 70.1. The van der Waals surface area contributed by atoms with Gasteiger partial charge in [-0.2, -0.15) is 0 Å². The van der Waals surface area contributed by atoms with Crippen LogP contribution in [-0.2, 0) is 0 Å². The zero-order valence-corrected chi connectivity index (χ0v) is 6.31. The van der Waals surface area contributed by atoms with Crippen LogP contribution >= 0.6 is 0 Å². The van der Waals surface area contributed by atoms with Gasteiger partial charge in [-0.25, -0.2) is 0 Å². The monoisotopic (exact) mass is 112 g/mol. The SMILES string of the molecule is CC=CC(C)C(C)C. The third-order valence-electron chi connectivity index (χ3n) is 1.55. The largest absolute Gasteiger partial charge is 0.0914 e. The zero-order valence-electron chi connectivity index (χ0n) is 6.31. The third-order valence-corrected chi connectivity index (χ3v) is 1.55. The van der Waals surface area contributed by atoms with E-state index in [2.05, 4.69) is 39.8 Å². The predicted molar refractivity (Wildman–Crippen MR) is 38.8 cm³/mol. The van der Waals surface area contributed by atoms with Crippen LogP contribution in [0.5, 0.6) is 0 Å². The second-order valence-electron chi connectivity index (χ2n) is 2.63. The predicted octanol–water partition coefficient (Wildman–Crippen LogP) is 2.85. The van der Waals surface area contributed by atoms with Crippen LogP contribution in [-0.4, -0.2) is 0 Å². The molecule has 0 aromatic carbocycles. The highest BCUT2D eigenvalue weighted by Gasteiger charge is 1.99. The molecule has 0 rings (SSSR count). The normalized spacial score (nSPS) is 15.6. The molecule has 1 unspecified atom stereocenters. The minimum absolute atomic E-state index is 0.736. The molecule has 0 aromatic rings. The Morgan fingerprint density at radius 2 is 1.62 bits per heavy atom. The highest BCUT2D eigenvalue weighted by atomic mass is 14.0. The molecule has 0 fully saturated rings. The summed E-state index contributed by atoms with van der Waals surface area (Å²) in [6.07, 6.45) is 4.36. The second-order valence-corrected chi connectivity index (χ2v) is 2.63. The topological polar surface area (TPSA) is 0 Å². The fourth-order valence-corrected chi connectivity index (χ4v) is 0.526. The van der Waals surface area contributed by atoms with Crippen LogP contribution in [0.2, 0.25) is 0 Å².